The first-order valence-corrected chi connectivity index (χ1v) is 6.81. The molecule has 0 saturated heterocycles. The SMILES string of the molecule is c1cc2c(s1)CC1(CCCCC1)CC2. The van der Waals surface area contributed by atoms with Gasteiger partial charge in [0.25, 0.3) is 0 Å². The monoisotopic (exact) mass is 206 g/mol. The van der Waals surface area contributed by atoms with E-state index in [1.165, 1.54) is 51.4 Å². The van der Waals surface area contributed by atoms with Gasteiger partial charge in [-0.15, -0.1) is 11.3 Å². The summed E-state index contributed by atoms with van der Waals surface area (Å²) < 4.78 is 0. The highest BCUT2D eigenvalue weighted by Gasteiger charge is 2.35. The standard InChI is InChI=1S/C13H18S/c1-2-6-13(7-3-1)8-4-11-5-9-14-12(11)10-13/h5,9H,1-4,6-8,10H2. The molecule has 1 aromatic rings. The zero-order valence-electron chi connectivity index (χ0n) is 8.72. The third-order valence-corrected chi connectivity index (χ3v) is 5.18. The second kappa shape index (κ2) is 3.37. The molecule has 2 aliphatic rings. The average Bonchev–Trinajstić information content (AvgIpc) is 2.66. The van der Waals surface area contributed by atoms with E-state index in [9.17, 15) is 0 Å². The normalized spacial score (nSPS) is 24.9. The molecule has 1 heteroatoms. The zero-order chi connectivity index (χ0) is 9.43. The van der Waals surface area contributed by atoms with Crippen LogP contribution < -0.4 is 0 Å². The first-order valence-electron chi connectivity index (χ1n) is 5.93. The van der Waals surface area contributed by atoms with Gasteiger partial charge in [0.1, 0.15) is 0 Å². The van der Waals surface area contributed by atoms with Gasteiger partial charge in [0, 0.05) is 4.88 Å². The van der Waals surface area contributed by atoms with Crippen molar-refractivity contribution in [2.24, 2.45) is 5.41 Å². The third-order valence-electron chi connectivity index (χ3n) is 4.21. The van der Waals surface area contributed by atoms with E-state index in [-0.39, 0.29) is 0 Å². The van der Waals surface area contributed by atoms with E-state index in [1.807, 2.05) is 11.3 Å². The maximum absolute atomic E-state index is 2.34. The van der Waals surface area contributed by atoms with E-state index in [2.05, 4.69) is 11.4 Å². The van der Waals surface area contributed by atoms with Crippen LogP contribution in [0.2, 0.25) is 0 Å². The Kier molecular flexibility index (Phi) is 2.16. The summed E-state index contributed by atoms with van der Waals surface area (Å²) >= 11 is 1.99. The van der Waals surface area contributed by atoms with Gasteiger partial charge in [-0.3, -0.25) is 0 Å². The fourth-order valence-corrected chi connectivity index (χ4v) is 4.41. The molecule has 2 aliphatic carbocycles. The molecular weight excluding hydrogens is 188 g/mol. The van der Waals surface area contributed by atoms with Crippen molar-refractivity contribution in [3.63, 3.8) is 0 Å². The number of aryl methyl sites for hydroxylation is 1. The molecule has 0 N–H and O–H groups in total. The summed E-state index contributed by atoms with van der Waals surface area (Å²) in [4.78, 5) is 1.71. The van der Waals surface area contributed by atoms with Gasteiger partial charge in [0.05, 0.1) is 0 Å². The molecule has 1 fully saturated rings. The van der Waals surface area contributed by atoms with E-state index in [0.717, 1.165) is 5.41 Å². The summed E-state index contributed by atoms with van der Waals surface area (Å²) in [5.41, 5.74) is 2.39. The minimum absolute atomic E-state index is 0.732. The van der Waals surface area contributed by atoms with Crippen LogP contribution in [0.25, 0.3) is 0 Å². The van der Waals surface area contributed by atoms with Crippen molar-refractivity contribution in [1.29, 1.82) is 0 Å². The molecule has 1 aromatic heterocycles. The lowest BCUT2D eigenvalue weighted by atomic mass is 9.66. The van der Waals surface area contributed by atoms with Gasteiger partial charge < -0.3 is 0 Å². The molecule has 3 rings (SSSR count). The fourth-order valence-electron chi connectivity index (χ4n) is 3.30. The van der Waals surface area contributed by atoms with Crippen molar-refractivity contribution in [3.8, 4) is 0 Å². The largest absolute Gasteiger partial charge is 0.149 e. The summed E-state index contributed by atoms with van der Waals surface area (Å²) in [7, 11) is 0. The molecule has 1 spiro atoms. The van der Waals surface area contributed by atoms with Gasteiger partial charge in [-0.2, -0.15) is 0 Å². The van der Waals surface area contributed by atoms with Crippen molar-refractivity contribution in [2.45, 2.75) is 51.4 Å². The third kappa shape index (κ3) is 1.42. The summed E-state index contributed by atoms with van der Waals surface area (Å²) in [6.07, 6.45) is 11.7. The topological polar surface area (TPSA) is 0 Å². The molecule has 0 amide bonds. The maximum Gasteiger partial charge on any atom is 0.00827 e. The van der Waals surface area contributed by atoms with Crippen molar-refractivity contribution in [2.75, 3.05) is 0 Å². The number of fused-ring (bicyclic) bond motifs is 1. The van der Waals surface area contributed by atoms with Crippen LogP contribution in [-0.4, -0.2) is 0 Å². The lowest BCUT2D eigenvalue weighted by molar-refractivity contribution is 0.164. The van der Waals surface area contributed by atoms with Crippen molar-refractivity contribution >= 4 is 11.3 Å². The Morgan fingerprint density at radius 3 is 2.79 bits per heavy atom. The van der Waals surface area contributed by atoms with Crippen LogP contribution in [0.15, 0.2) is 11.4 Å². The Morgan fingerprint density at radius 2 is 1.93 bits per heavy atom. The average molecular weight is 206 g/mol. The first kappa shape index (κ1) is 8.96. The molecule has 1 saturated carbocycles. The summed E-state index contributed by atoms with van der Waals surface area (Å²) in [5.74, 6) is 0. The van der Waals surface area contributed by atoms with Crippen molar-refractivity contribution in [1.82, 2.24) is 0 Å². The van der Waals surface area contributed by atoms with E-state index >= 15 is 0 Å². The Balaban J connectivity index is 1.85. The highest BCUT2D eigenvalue weighted by molar-refractivity contribution is 7.10. The Morgan fingerprint density at radius 1 is 1.07 bits per heavy atom. The van der Waals surface area contributed by atoms with Gasteiger partial charge in [0.2, 0.25) is 0 Å². The first-order chi connectivity index (χ1) is 6.88. The molecule has 0 bridgehead atoms. The predicted octanol–water partition coefficient (Wildman–Crippen LogP) is 4.19. The van der Waals surface area contributed by atoms with Crippen molar-refractivity contribution < 1.29 is 0 Å². The van der Waals surface area contributed by atoms with E-state index in [4.69, 9.17) is 0 Å². The van der Waals surface area contributed by atoms with Crippen LogP contribution in [0.5, 0.6) is 0 Å². The van der Waals surface area contributed by atoms with Gasteiger partial charge in [-0.1, -0.05) is 19.3 Å². The van der Waals surface area contributed by atoms with Crippen LogP contribution >= 0.6 is 11.3 Å². The molecule has 0 radical (unpaired) electrons. The van der Waals surface area contributed by atoms with Crippen LogP contribution in [-0.2, 0) is 12.8 Å². The zero-order valence-corrected chi connectivity index (χ0v) is 9.54. The van der Waals surface area contributed by atoms with Gasteiger partial charge in [0.15, 0.2) is 0 Å². The van der Waals surface area contributed by atoms with Gasteiger partial charge >= 0.3 is 0 Å². The molecule has 14 heavy (non-hydrogen) atoms. The molecule has 0 nitrogen and oxygen atoms in total. The number of thiophene rings is 1. The Hall–Kier alpha value is -0.300. The smallest absolute Gasteiger partial charge is 0.00827 e. The Bertz CT molecular complexity index is 318. The van der Waals surface area contributed by atoms with Gasteiger partial charge in [-0.05, 0) is 54.5 Å². The quantitative estimate of drug-likeness (QED) is 0.597. The van der Waals surface area contributed by atoms with E-state index in [1.54, 1.807) is 10.4 Å². The minimum Gasteiger partial charge on any atom is -0.149 e. The number of hydrogen-bond acceptors (Lipinski definition) is 1. The second-order valence-corrected chi connectivity index (χ2v) is 6.11. The van der Waals surface area contributed by atoms with Crippen LogP contribution in [0.4, 0.5) is 0 Å². The summed E-state index contributed by atoms with van der Waals surface area (Å²) in [6, 6.07) is 2.34. The second-order valence-electron chi connectivity index (χ2n) is 5.11. The molecule has 0 aliphatic heterocycles. The number of rotatable bonds is 0. The molecule has 0 aromatic carbocycles. The van der Waals surface area contributed by atoms with E-state index < -0.39 is 0 Å². The Labute approximate surface area is 90.3 Å². The van der Waals surface area contributed by atoms with Crippen LogP contribution in [0.3, 0.4) is 0 Å². The minimum atomic E-state index is 0.732. The summed E-state index contributed by atoms with van der Waals surface area (Å²) in [6.45, 7) is 0. The molecule has 0 atom stereocenters. The predicted molar refractivity (Wildman–Crippen MR) is 61.9 cm³/mol. The highest BCUT2D eigenvalue weighted by atomic mass is 32.1. The molecule has 0 unspecified atom stereocenters. The maximum atomic E-state index is 2.34. The van der Waals surface area contributed by atoms with Crippen LogP contribution in [0.1, 0.15) is 49.0 Å². The lowest BCUT2D eigenvalue weighted by Gasteiger charge is -2.40. The summed E-state index contributed by atoms with van der Waals surface area (Å²) in [5, 5.41) is 2.28. The highest BCUT2D eigenvalue weighted by Crippen LogP contribution is 2.47. The molecule has 76 valence electrons. The molecular formula is C13H18S. The fraction of sp³-hybridized carbons (Fsp3) is 0.692. The molecule has 1 heterocycles. The number of hydrogen-bond donors (Lipinski definition) is 0. The van der Waals surface area contributed by atoms with Gasteiger partial charge in [-0.25, -0.2) is 0 Å². The lowest BCUT2D eigenvalue weighted by Crippen LogP contribution is -2.30. The van der Waals surface area contributed by atoms with Crippen molar-refractivity contribution in [3.05, 3.63) is 21.9 Å². The van der Waals surface area contributed by atoms with E-state index in [0.29, 0.717) is 0 Å². The van der Waals surface area contributed by atoms with Crippen LogP contribution in [0, 0.1) is 5.41 Å².